The summed E-state index contributed by atoms with van der Waals surface area (Å²) < 4.78 is 19.0. The number of fused-ring (bicyclic) bond motifs is 12. The molecule has 138 heavy (non-hydrogen) atoms. The fourth-order valence-electron chi connectivity index (χ4n) is 21.9. The number of para-hydroxylation sites is 10. The Labute approximate surface area is 801 Å². The summed E-state index contributed by atoms with van der Waals surface area (Å²) in [6.45, 7) is 0. The third-order valence-corrected chi connectivity index (χ3v) is 28.2. The van der Waals surface area contributed by atoms with Crippen LogP contribution in [0.15, 0.2) is 526 Å². The standard InChI is InChI=1S/C132H88N4O2/c1-3-34-87(35-4-1)88-68-70-91(71-69-88)100-40-13-22-58-119(100)134(121-60-24-15-46-109(121)105-42-10-12-44-107(105)110-47-16-25-61-122(110)135-124-63-27-18-49-112(124)113-50-19-28-64-125(113)135)97-83-76-93(77-84-97)103-55-32-57-117-115-85-78-94(86-129(115)138-132(103)117)101-53-33-66-127-130(101)118-52-20-29-65-126(118)136(127)123-62-26-17-48-111(123)106-43-11-9-41-104(106)108-45-14-23-59-120(108)133(95-79-72-90(73-80-95)99-39-8-7-38-98(99)89-36-5-2-6-37-89)96-81-74-92(75-82-96)102-54-31-56-116-114-51-21-30-67-128(114)137-131(102)116/h1-86,114,128H. The molecule has 0 amide bonds. The molecule has 0 saturated carbocycles. The molecule has 0 bridgehead atoms. The topological polar surface area (TPSA) is 38.7 Å². The second-order valence-electron chi connectivity index (χ2n) is 35.9. The molecule has 0 spiro atoms. The summed E-state index contributed by atoms with van der Waals surface area (Å²) in [7, 11) is 0. The molecule has 2 unspecified atom stereocenters. The Morgan fingerprint density at radius 2 is 0.565 bits per heavy atom. The lowest BCUT2D eigenvalue weighted by Gasteiger charge is -2.30. The molecule has 4 heterocycles. The first-order valence-corrected chi connectivity index (χ1v) is 47.5. The van der Waals surface area contributed by atoms with Crippen LogP contribution in [0.1, 0.15) is 11.5 Å². The minimum atomic E-state index is -0.0162. The van der Waals surface area contributed by atoms with E-state index in [0.717, 1.165) is 190 Å². The van der Waals surface area contributed by atoms with Gasteiger partial charge in [0, 0.05) is 99.8 Å². The molecule has 21 aromatic carbocycles. The van der Waals surface area contributed by atoms with E-state index < -0.39 is 0 Å². The largest absolute Gasteiger partial charge is 0.484 e. The van der Waals surface area contributed by atoms with E-state index in [4.69, 9.17) is 9.15 Å². The number of aromatic nitrogens is 2. The summed E-state index contributed by atoms with van der Waals surface area (Å²) in [6, 6.07) is 182. The molecule has 0 saturated heterocycles. The van der Waals surface area contributed by atoms with Crippen LogP contribution >= 0.6 is 0 Å². The van der Waals surface area contributed by atoms with Crippen LogP contribution < -0.4 is 14.5 Å². The Bertz CT molecular complexity index is 8870. The minimum Gasteiger partial charge on any atom is -0.484 e. The first-order valence-electron chi connectivity index (χ1n) is 47.5. The molecule has 1 aliphatic heterocycles. The SMILES string of the molecule is C1=CC2Oc3c(-c4ccc(N(c5ccc(-c6ccccc6-c6ccccc6)cc5)c5ccccc5-c5ccccc5-c5ccccc5-n5c6ccccc6c6c(-c7ccc8c(c7)oc7c(-c9ccc(N(c%10ccccc%10-c%10ccc(-c%11ccccc%11)cc%10)c%10ccccc%10-c%10ccccc%10-c%10ccccc%10-n%10c%11ccccc%11c%11ccccc%11%10)cc9)cccc78)cccc65)cc4)cccc3C2C=C1. The maximum Gasteiger partial charge on any atom is 0.143 e. The highest BCUT2D eigenvalue weighted by Crippen LogP contribution is 2.54. The maximum atomic E-state index is 7.32. The van der Waals surface area contributed by atoms with Gasteiger partial charge in [0.25, 0.3) is 0 Å². The molecule has 26 rings (SSSR count). The highest BCUT2D eigenvalue weighted by molar-refractivity contribution is 6.18. The lowest BCUT2D eigenvalue weighted by molar-refractivity contribution is 0.270. The molecule has 2 aliphatic rings. The normalized spacial score (nSPS) is 13.2. The molecule has 3 aromatic heterocycles. The Hall–Kier alpha value is -18.1. The summed E-state index contributed by atoms with van der Waals surface area (Å²) in [6.07, 6.45) is 8.65. The van der Waals surface area contributed by atoms with Crippen molar-refractivity contribution in [3.05, 3.63) is 527 Å². The summed E-state index contributed by atoms with van der Waals surface area (Å²) >= 11 is 0. The summed E-state index contributed by atoms with van der Waals surface area (Å²) in [5.74, 6) is 1.15. The molecule has 0 fully saturated rings. The zero-order valence-electron chi connectivity index (χ0n) is 75.4. The molecule has 2 atom stereocenters. The second kappa shape index (κ2) is 34.2. The van der Waals surface area contributed by atoms with Gasteiger partial charge in [0.1, 0.15) is 23.0 Å². The van der Waals surface area contributed by atoms with E-state index in [2.05, 4.69) is 541 Å². The van der Waals surface area contributed by atoms with E-state index in [-0.39, 0.29) is 12.0 Å². The number of hydrogen-bond donors (Lipinski definition) is 0. The van der Waals surface area contributed by atoms with E-state index in [1.807, 2.05) is 0 Å². The van der Waals surface area contributed by atoms with Crippen molar-refractivity contribution in [1.82, 2.24) is 9.13 Å². The van der Waals surface area contributed by atoms with Crippen molar-refractivity contribution in [2.24, 2.45) is 0 Å². The van der Waals surface area contributed by atoms with Gasteiger partial charge in [0.05, 0.1) is 50.5 Å². The smallest absolute Gasteiger partial charge is 0.143 e. The molecular weight excluding hydrogens is 1670 g/mol. The van der Waals surface area contributed by atoms with Crippen LogP contribution in [0.4, 0.5) is 34.1 Å². The number of rotatable bonds is 19. The summed E-state index contributed by atoms with van der Waals surface area (Å²) in [5, 5.41) is 6.88. The van der Waals surface area contributed by atoms with Gasteiger partial charge >= 0.3 is 0 Å². The van der Waals surface area contributed by atoms with E-state index >= 15 is 0 Å². The zero-order valence-corrected chi connectivity index (χ0v) is 75.4. The van der Waals surface area contributed by atoms with E-state index in [1.54, 1.807) is 0 Å². The van der Waals surface area contributed by atoms with Crippen LogP contribution in [0.3, 0.4) is 0 Å². The van der Waals surface area contributed by atoms with Crippen molar-refractivity contribution in [2.75, 3.05) is 9.80 Å². The average molecular weight is 1760 g/mol. The van der Waals surface area contributed by atoms with Crippen molar-refractivity contribution in [3.63, 3.8) is 0 Å². The lowest BCUT2D eigenvalue weighted by Crippen LogP contribution is -2.15. The van der Waals surface area contributed by atoms with Crippen LogP contribution in [0.25, 0.3) is 199 Å². The van der Waals surface area contributed by atoms with Gasteiger partial charge in [-0.2, -0.15) is 0 Å². The Morgan fingerprint density at radius 3 is 1.16 bits per heavy atom. The Balaban J connectivity index is 0.560. The van der Waals surface area contributed by atoms with Crippen molar-refractivity contribution in [2.45, 2.75) is 12.0 Å². The van der Waals surface area contributed by atoms with Crippen LogP contribution in [-0.2, 0) is 0 Å². The predicted octanol–water partition coefficient (Wildman–Crippen LogP) is 36.0. The highest BCUT2D eigenvalue weighted by atomic mass is 16.5. The summed E-state index contributed by atoms with van der Waals surface area (Å²) in [5.41, 5.74) is 40.4. The number of furan rings is 1. The lowest BCUT2D eigenvalue weighted by atomic mass is 9.90. The number of anilines is 6. The van der Waals surface area contributed by atoms with Gasteiger partial charge < -0.3 is 28.1 Å². The Morgan fingerprint density at radius 1 is 0.210 bits per heavy atom. The van der Waals surface area contributed by atoms with Crippen LogP contribution in [-0.4, -0.2) is 15.2 Å². The number of nitrogens with zero attached hydrogens (tertiary/aromatic N) is 4. The second-order valence-corrected chi connectivity index (χ2v) is 35.9. The van der Waals surface area contributed by atoms with Gasteiger partial charge in [0.15, 0.2) is 0 Å². The molecule has 1 aliphatic carbocycles. The van der Waals surface area contributed by atoms with Crippen molar-refractivity contribution in [1.29, 1.82) is 0 Å². The first-order chi connectivity index (χ1) is 68.5. The molecule has 24 aromatic rings. The van der Waals surface area contributed by atoms with Gasteiger partial charge in [-0.25, -0.2) is 0 Å². The van der Waals surface area contributed by atoms with Gasteiger partial charge in [-0.3, -0.25) is 0 Å². The first kappa shape index (κ1) is 80.7. The molecule has 0 radical (unpaired) electrons. The van der Waals surface area contributed by atoms with Crippen molar-refractivity contribution < 1.29 is 9.15 Å². The third-order valence-electron chi connectivity index (χ3n) is 28.2. The van der Waals surface area contributed by atoms with E-state index in [9.17, 15) is 0 Å². The molecule has 0 N–H and O–H groups in total. The fraction of sp³-hybridized carbons (Fsp3) is 0.0152. The summed E-state index contributed by atoms with van der Waals surface area (Å²) in [4.78, 5) is 4.89. The number of ether oxygens (including phenoxy) is 1. The molecule has 648 valence electrons. The number of hydrogen-bond acceptors (Lipinski definition) is 4. The molecule has 6 nitrogen and oxygen atoms in total. The third kappa shape index (κ3) is 13.9. The highest BCUT2D eigenvalue weighted by Gasteiger charge is 2.35. The molecular formula is C132H88N4O2. The van der Waals surface area contributed by atoms with Crippen molar-refractivity contribution in [3.8, 4) is 140 Å². The molecule has 6 heteroatoms. The predicted molar refractivity (Wildman–Crippen MR) is 577 cm³/mol. The van der Waals surface area contributed by atoms with Gasteiger partial charge in [-0.15, -0.1) is 0 Å². The fourth-order valence-corrected chi connectivity index (χ4v) is 21.9. The van der Waals surface area contributed by atoms with Crippen LogP contribution in [0.2, 0.25) is 0 Å². The van der Waals surface area contributed by atoms with Gasteiger partial charge in [-0.1, -0.05) is 413 Å². The van der Waals surface area contributed by atoms with Gasteiger partial charge in [0.2, 0.25) is 0 Å². The zero-order chi connectivity index (χ0) is 91.1. The van der Waals surface area contributed by atoms with E-state index in [0.29, 0.717) is 0 Å². The Kier molecular flexibility index (Phi) is 20.0. The van der Waals surface area contributed by atoms with Crippen molar-refractivity contribution >= 4 is 99.7 Å². The maximum absolute atomic E-state index is 7.32. The quantitative estimate of drug-likeness (QED) is 0.0809. The number of benzene rings is 21. The minimum absolute atomic E-state index is 0.0162. The van der Waals surface area contributed by atoms with E-state index in [1.165, 1.54) is 55.2 Å². The van der Waals surface area contributed by atoms with Gasteiger partial charge in [-0.05, 0) is 193 Å². The monoisotopic (exact) mass is 1760 g/mol. The number of allylic oxidation sites excluding steroid dienone is 2. The average Bonchev–Trinajstić information content (AvgIpc) is 1.56. The van der Waals surface area contributed by atoms with Crippen LogP contribution in [0, 0.1) is 0 Å². The van der Waals surface area contributed by atoms with Crippen LogP contribution in [0.5, 0.6) is 5.75 Å².